The summed E-state index contributed by atoms with van der Waals surface area (Å²) >= 11 is 1.91. The lowest BCUT2D eigenvalue weighted by Gasteiger charge is -2.37. The van der Waals surface area contributed by atoms with E-state index >= 15 is 0 Å². The fourth-order valence-electron chi connectivity index (χ4n) is 2.88. The van der Waals surface area contributed by atoms with Crippen LogP contribution in [0.3, 0.4) is 0 Å². The van der Waals surface area contributed by atoms with Crippen LogP contribution in [-0.2, 0) is 4.74 Å². The molecule has 0 saturated carbocycles. The minimum Gasteiger partial charge on any atom is -0.494 e. The van der Waals surface area contributed by atoms with E-state index in [0.29, 0.717) is 6.61 Å². The predicted octanol–water partition coefficient (Wildman–Crippen LogP) is 2.78. The molecule has 0 aromatic heterocycles. The number of ether oxygens (including phenoxy) is 2. The third-order valence-electron chi connectivity index (χ3n) is 4.04. The quantitative estimate of drug-likeness (QED) is 0.861. The summed E-state index contributed by atoms with van der Waals surface area (Å²) in [6.45, 7) is 4.99. The predicted molar refractivity (Wildman–Crippen MR) is 83.9 cm³/mol. The van der Waals surface area contributed by atoms with Crippen molar-refractivity contribution >= 4 is 17.7 Å². The number of hydrogen-bond acceptors (Lipinski definition) is 4. The molecule has 21 heavy (non-hydrogen) atoms. The molecule has 0 aliphatic carbocycles. The molecule has 2 aliphatic heterocycles. The molecule has 1 spiro atoms. The van der Waals surface area contributed by atoms with Crippen LogP contribution >= 0.6 is 11.8 Å². The van der Waals surface area contributed by atoms with Crippen molar-refractivity contribution in [3.63, 3.8) is 0 Å². The van der Waals surface area contributed by atoms with Crippen molar-refractivity contribution in [2.24, 2.45) is 0 Å². The Morgan fingerprint density at radius 3 is 2.62 bits per heavy atom. The van der Waals surface area contributed by atoms with Crippen LogP contribution in [0.15, 0.2) is 24.3 Å². The molecule has 1 aromatic carbocycles. The van der Waals surface area contributed by atoms with Gasteiger partial charge in [0.2, 0.25) is 0 Å². The van der Waals surface area contributed by atoms with Crippen molar-refractivity contribution in [3.05, 3.63) is 29.8 Å². The van der Waals surface area contributed by atoms with Crippen LogP contribution in [0.2, 0.25) is 0 Å². The third-order valence-corrected chi connectivity index (χ3v) is 5.46. The molecule has 0 unspecified atom stereocenters. The lowest BCUT2D eigenvalue weighted by molar-refractivity contribution is 0.00353. The van der Waals surface area contributed by atoms with Gasteiger partial charge in [0, 0.05) is 37.2 Å². The van der Waals surface area contributed by atoms with E-state index in [9.17, 15) is 4.79 Å². The smallest absolute Gasteiger partial charge is 0.253 e. The number of benzene rings is 1. The van der Waals surface area contributed by atoms with Gasteiger partial charge in [-0.2, -0.15) is 0 Å². The van der Waals surface area contributed by atoms with Gasteiger partial charge in [0.15, 0.2) is 0 Å². The minimum atomic E-state index is -0.0183. The fourth-order valence-corrected chi connectivity index (χ4v) is 4.06. The molecule has 0 atom stereocenters. The number of likely N-dealkylation sites (tertiary alicyclic amines) is 1. The Balaban J connectivity index is 1.60. The molecule has 1 amide bonds. The summed E-state index contributed by atoms with van der Waals surface area (Å²) < 4.78 is 11.3. The van der Waals surface area contributed by atoms with Crippen molar-refractivity contribution < 1.29 is 14.3 Å². The summed E-state index contributed by atoms with van der Waals surface area (Å²) in [6.07, 6.45) is 1.86. The highest BCUT2D eigenvalue weighted by Gasteiger charge is 2.40. The first kappa shape index (κ1) is 14.7. The van der Waals surface area contributed by atoms with Gasteiger partial charge in [0.1, 0.15) is 10.7 Å². The van der Waals surface area contributed by atoms with E-state index < -0.39 is 0 Å². The molecule has 1 aromatic rings. The van der Waals surface area contributed by atoms with E-state index in [4.69, 9.17) is 9.47 Å². The van der Waals surface area contributed by atoms with Crippen LogP contribution in [0.5, 0.6) is 5.75 Å². The van der Waals surface area contributed by atoms with E-state index in [0.717, 1.165) is 49.6 Å². The Kier molecular flexibility index (Phi) is 4.40. The molecule has 114 valence electrons. The van der Waals surface area contributed by atoms with Gasteiger partial charge in [0.05, 0.1) is 13.2 Å². The number of nitrogens with zero attached hydrogens (tertiary/aromatic N) is 1. The Morgan fingerprint density at radius 1 is 1.33 bits per heavy atom. The third kappa shape index (κ3) is 3.19. The molecule has 2 fully saturated rings. The summed E-state index contributed by atoms with van der Waals surface area (Å²) in [7, 11) is 0. The van der Waals surface area contributed by atoms with E-state index in [2.05, 4.69) is 0 Å². The second kappa shape index (κ2) is 6.28. The van der Waals surface area contributed by atoms with Gasteiger partial charge in [-0.3, -0.25) is 4.79 Å². The maximum absolute atomic E-state index is 12.5. The standard InChI is InChI=1S/C16H21NO3S/c1-2-19-14-5-3-13(4-6-14)15(18)17-9-7-16(8-10-17)20-11-12-21-16/h3-6H,2,7-12H2,1H3. The molecule has 2 heterocycles. The first-order chi connectivity index (χ1) is 10.2. The van der Waals surface area contributed by atoms with Crippen LogP contribution in [0.1, 0.15) is 30.1 Å². The topological polar surface area (TPSA) is 38.8 Å². The monoisotopic (exact) mass is 307 g/mol. The van der Waals surface area contributed by atoms with Crippen LogP contribution in [0.25, 0.3) is 0 Å². The number of piperidine rings is 1. The highest BCUT2D eigenvalue weighted by Crippen LogP contribution is 2.41. The van der Waals surface area contributed by atoms with Crippen molar-refractivity contribution in [3.8, 4) is 5.75 Å². The first-order valence-electron chi connectivity index (χ1n) is 7.52. The lowest BCUT2D eigenvalue weighted by atomic mass is 10.1. The van der Waals surface area contributed by atoms with Gasteiger partial charge in [-0.25, -0.2) is 0 Å². The van der Waals surface area contributed by atoms with Gasteiger partial charge in [0.25, 0.3) is 5.91 Å². The number of thioether (sulfide) groups is 1. The van der Waals surface area contributed by atoms with Crippen LogP contribution < -0.4 is 4.74 Å². The number of amides is 1. The number of rotatable bonds is 3. The van der Waals surface area contributed by atoms with E-state index in [1.165, 1.54) is 0 Å². The van der Waals surface area contributed by atoms with E-state index in [1.807, 2.05) is 47.9 Å². The van der Waals surface area contributed by atoms with Gasteiger partial charge >= 0.3 is 0 Å². The molecule has 0 N–H and O–H groups in total. The molecule has 4 nitrogen and oxygen atoms in total. The lowest BCUT2D eigenvalue weighted by Crippen LogP contribution is -2.45. The van der Waals surface area contributed by atoms with Gasteiger partial charge in [-0.15, -0.1) is 11.8 Å². The van der Waals surface area contributed by atoms with Gasteiger partial charge in [-0.1, -0.05) is 0 Å². The summed E-state index contributed by atoms with van der Waals surface area (Å²) in [4.78, 5) is 14.4. The molecule has 2 aliphatic rings. The van der Waals surface area contributed by atoms with E-state index in [1.54, 1.807) is 0 Å². The average molecular weight is 307 g/mol. The second-order valence-corrected chi connectivity index (χ2v) is 6.80. The molecule has 0 bridgehead atoms. The first-order valence-corrected chi connectivity index (χ1v) is 8.51. The highest BCUT2D eigenvalue weighted by molar-refractivity contribution is 8.00. The fraction of sp³-hybridized carbons (Fsp3) is 0.562. The SMILES string of the molecule is CCOc1ccc(C(=O)N2CCC3(CC2)OCCS3)cc1. The van der Waals surface area contributed by atoms with Crippen LogP contribution in [0, 0.1) is 0 Å². The van der Waals surface area contributed by atoms with Crippen LogP contribution in [-0.4, -0.2) is 47.8 Å². The zero-order valence-electron chi connectivity index (χ0n) is 12.3. The molecular formula is C16H21NO3S. The molecule has 5 heteroatoms. The van der Waals surface area contributed by atoms with Crippen molar-refractivity contribution in [1.29, 1.82) is 0 Å². The maximum atomic E-state index is 12.5. The Morgan fingerprint density at radius 2 is 2.05 bits per heavy atom. The average Bonchev–Trinajstić information content (AvgIpc) is 2.97. The molecule has 3 rings (SSSR count). The maximum Gasteiger partial charge on any atom is 0.253 e. The van der Waals surface area contributed by atoms with Crippen molar-refractivity contribution in [2.75, 3.05) is 32.1 Å². The molecule has 2 saturated heterocycles. The zero-order chi connectivity index (χ0) is 14.7. The normalized spacial score (nSPS) is 20.7. The molecular weight excluding hydrogens is 286 g/mol. The number of hydrogen-bond donors (Lipinski definition) is 0. The Hall–Kier alpha value is -1.20. The summed E-state index contributed by atoms with van der Waals surface area (Å²) in [5.74, 6) is 1.99. The summed E-state index contributed by atoms with van der Waals surface area (Å²) in [6, 6.07) is 7.41. The Labute approximate surface area is 129 Å². The van der Waals surface area contributed by atoms with Crippen molar-refractivity contribution in [2.45, 2.75) is 24.7 Å². The Bertz CT molecular complexity index is 487. The van der Waals surface area contributed by atoms with Crippen LogP contribution in [0.4, 0.5) is 0 Å². The molecule has 0 radical (unpaired) electrons. The second-order valence-electron chi connectivity index (χ2n) is 5.36. The zero-order valence-corrected chi connectivity index (χ0v) is 13.2. The highest BCUT2D eigenvalue weighted by atomic mass is 32.2. The number of carbonyl (C=O) groups excluding carboxylic acids is 1. The van der Waals surface area contributed by atoms with E-state index in [-0.39, 0.29) is 10.8 Å². The largest absolute Gasteiger partial charge is 0.494 e. The number of carbonyl (C=O) groups is 1. The van der Waals surface area contributed by atoms with Gasteiger partial charge < -0.3 is 14.4 Å². The summed E-state index contributed by atoms with van der Waals surface area (Å²) in [5.41, 5.74) is 0.731. The summed E-state index contributed by atoms with van der Waals surface area (Å²) in [5, 5.41) is 0. The van der Waals surface area contributed by atoms with Gasteiger partial charge in [-0.05, 0) is 31.2 Å². The van der Waals surface area contributed by atoms with Crippen molar-refractivity contribution in [1.82, 2.24) is 4.90 Å². The minimum absolute atomic E-state index is 0.0183.